The molecule has 1 fully saturated rings. The zero-order valence-electron chi connectivity index (χ0n) is 12.8. The second kappa shape index (κ2) is 7.59. The van der Waals surface area contributed by atoms with Gasteiger partial charge in [-0.25, -0.2) is 4.79 Å². The Hall–Kier alpha value is -2.19. The summed E-state index contributed by atoms with van der Waals surface area (Å²) >= 11 is 5.69. The van der Waals surface area contributed by atoms with Gasteiger partial charge in [0.15, 0.2) is 12.2 Å². The fourth-order valence-electron chi connectivity index (χ4n) is 2.55. The highest BCUT2D eigenvalue weighted by atomic mass is 35.5. The number of anilines is 1. The van der Waals surface area contributed by atoms with Gasteiger partial charge in [0, 0.05) is 11.1 Å². The number of aliphatic hydroxyl groups is 1. The number of rotatable bonds is 5. The molecular weight excluding hydrogens is 340 g/mol. The molecule has 1 aliphatic carbocycles. The SMILES string of the molecule is O=C(COC(=O)C1(O)CCCCC1)Nc1ccc(Cl)cc1[N+](=O)[O-]. The number of amides is 1. The van der Waals surface area contributed by atoms with E-state index >= 15 is 0 Å². The molecule has 0 heterocycles. The Kier molecular flexibility index (Phi) is 5.74. The van der Waals surface area contributed by atoms with Crippen molar-refractivity contribution < 1.29 is 24.4 Å². The van der Waals surface area contributed by atoms with E-state index in [0.717, 1.165) is 25.3 Å². The maximum atomic E-state index is 11.9. The van der Waals surface area contributed by atoms with Gasteiger partial charge < -0.3 is 15.2 Å². The number of hydrogen-bond acceptors (Lipinski definition) is 6. The molecule has 24 heavy (non-hydrogen) atoms. The van der Waals surface area contributed by atoms with Crippen molar-refractivity contribution in [3.8, 4) is 0 Å². The summed E-state index contributed by atoms with van der Waals surface area (Å²) < 4.78 is 4.85. The molecule has 9 heteroatoms. The average Bonchev–Trinajstić information content (AvgIpc) is 2.54. The highest BCUT2D eigenvalue weighted by molar-refractivity contribution is 6.31. The molecule has 0 spiro atoms. The molecule has 0 unspecified atom stereocenters. The second-order valence-corrected chi connectivity index (χ2v) is 6.07. The third kappa shape index (κ3) is 4.42. The maximum absolute atomic E-state index is 11.9. The van der Waals surface area contributed by atoms with E-state index in [4.69, 9.17) is 16.3 Å². The van der Waals surface area contributed by atoms with E-state index in [-0.39, 0.29) is 16.4 Å². The van der Waals surface area contributed by atoms with Gasteiger partial charge in [-0.15, -0.1) is 0 Å². The summed E-state index contributed by atoms with van der Waals surface area (Å²) in [5.41, 5.74) is -1.97. The topological polar surface area (TPSA) is 119 Å². The summed E-state index contributed by atoms with van der Waals surface area (Å²) in [6.45, 7) is -0.638. The number of carbonyl (C=O) groups is 2. The Morgan fingerprint density at radius 1 is 1.33 bits per heavy atom. The first-order chi connectivity index (χ1) is 11.3. The lowest BCUT2D eigenvalue weighted by Crippen LogP contribution is -2.42. The molecule has 1 aliphatic rings. The summed E-state index contributed by atoms with van der Waals surface area (Å²) in [4.78, 5) is 34.0. The van der Waals surface area contributed by atoms with Gasteiger partial charge in [0.1, 0.15) is 5.69 Å². The first kappa shape index (κ1) is 18.2. The molecule has 1 amide bonds. The number of nitrogens with one attached hydrogen (secondary N) is 1. The van der Waals surface area contributed by atoms with Crippen molar-refractivity contribution in [1.29, 1.82) is 0 Å². The number of ether oxygens (including phenoxy) is 1. The minimum atomic E-state index is -1.55. The predicted molar refractivity (Wildman–Crippen MR) is 85.7 cm³/mol. The number of esters is 1. The van der Waals surface area contributed by atoms with Gasteiger partial charge in [-0.05, 0) is 37.8 Å². The van der Waals surface area contributed by atoms with Gasteiger partial charge in [-0.1, -0.05) is 18.0 Å². The van der Waals surface area contributed by atoms with Crippen LogP contribution in [0.4, 0.5) is 11.4 Å². The number of carbonyl (C=O) groups excluding carboxylic acids is 2. The van der Waals surface area contributed by atoms with Gasteiger partial charge in [0.2, 0.25) is 0 Å². The number of nitrogens with zero attached hydrogens (tertiary/aromatic N) is 1. The zero-order chi connectivity index (χ0) is 17.7. The highest BCUT2D eigenvalue weighted by Crippen LogP contribution is 2.29. The van der Waals surface area contributed by atoms with Gasteiger partial charge >= 0.3 is 5.97 Å². The van der Waals surface area contributed by atoms with E-state index in [1.165, 1.54) is 12.1 Å². The number of nitro groups is 1. The molecular formula is C15H17ClN2O6. The molecule has 130 valence electrons. The van der Waals surface area contributed by atoms with Crippen LogP contribution in [-0.2, 0) is 14.3 Å². The maximum Gasteiger partial charge on any atom is 0.338 e. The van der Waals surface area contributed by atoms with Crippen molar-refractivity contribution in [3.05, 3.63) is 33.3 Å². The first-order valence-corrected chi connectivity index (χ1v) is 7.83. The molecule has 0 aromatic heterocycles. The Morgan fingerprint density at radius 3 is 2.62 bits per heavy atom. The largest absolute Gasteiger partial charge is 0.453 e. The van der Waals surface area contributed by atoms with Crippen LogP contribution in [-0.4, -0.2) is 34.1 Å². The van der Waals surface area contributed by atoms with Crippen LogP contribution in [0.3, 0.4) is 0 Å². The zero-order valence-corrected chi connectivity index (χ0v) is 13.5. The standard InChI is InChI=1S/C15H17ClN2O6/c16-10-4-5-11(12(8-10)18(22)23)17-13(19)9-24-14(20)15(21)6-2-1-3-7-15/h4-5,8,21H,1-3,6-7,9H2,(H,17,19). The van der Waals surface area contributed by atoms with Crippen LogP contribution in [0.15, 0.2) is 18.2 Å². The lowest BCUT2D eigenvalue weighted by molar-refractivity contribution is -0.383. The smallest absolute Gasteiger partial charge is 0.338 e. The fraction of sp³-hybridized carbons (Fsp3) is 0.467. The second-order valence-electron chi connectivity index (χ2n) is 5.64. The molecule has 2 rings (SSSR count). The van der Waals surface area contributed by atoms with Crippen LogP contribution < -0.4 is 5.32 Å². The normalized spacial score (nSPS) is 16.2. The number of benzene rings is 1. The van der Waals surface area contributed by atoms with Gasteiger partial charge in [-0.2, -0.15) is 0 Å². The van der Waals surface area contributed by atoms with Crippen molar-refractivity contribution in [2.24, 2.45) is 0 Å². The minimum Gasteiger partial charge on any atom is -0.453 e. The van der Waals surface area contributed by atoms with Crippen molar-refractivity contribution >= 4 is 34.9 Å². The summed E-state index contributed by atoms with van der Waals surface area (Å²) in [6, 6.07) is 3.78. The van der Waals surface area contributed by atoms with Crippen molar-refractivity contribution in [2.45, 2.75) is 37.7 Å². The highest BCUT2D eigenvalue weighted by Gasteiger charge is 2.38. The van der Waals surface area contributed by atoms with E-state index in [1.807, 2.05) is 0 Å². The molecule has 0 atom stereocenters. The predicted octanol–water partition coefficient (Wildman–Crippen LogP) is 2.43. The molecule has 8 nitrogen and oxygen atoms in total. The number of nitro benzene ring substituents is 1. The number of hydrogen-bond donors (Lipinski definition) is 2. The molecule has 1 aromatic carbocycles. The van der Waals surface area contributed by atoms with Crippen molar-refractivity contribution in [3.63, 3.8) is 0 Å². The van der Waals surface area contributed by atoms with Crippen LogP contribution in [0.2, 0.25) is 5.02 Å². The molecule has 0 saturated heterocycles. The van der Waals surface area contributed by atoms with Gasteiger partial charge in [-0.3, -0.25) is 14.9 Å². The van der Waals surface area contributed by atoms with Crippen LogP contribution >= 0.6 is 11.6 Å². The Morgan fingerprint density at radius 2 is 2.00 bits per heavy atom. The van der Waals surface area contributed by atoms with E-state index < -0.39 is 29.0 Å². The first-order valence-electron chi connectivity index (χ1n) is 7.45. The van der Waals surface area contributed by atoms with E-state index in [1.54, 1.807) is 0 Å². The van der Waals surface area contributed by atoms with E-state index in [9.17, 15) is 24.8 Å². The summed E-state index contributed by atoms with van der Waals surface area (Å²) in [5, 5.41) is 23.6. The van der Waals surface area contributed by atoms with Crippen LogP contribution in [0.5, 0.6) is 0 Å². The molecule has 0 bridgehead atoms. The van der Waals surface area contributed by atoms with Gasteiger partial charge in [0.25, 0.3) is 11.6 Å². The lowest BCUT2D eigenvalue weighted by Gasteiger charge is -2.29. The summed E-state index contributed by atoms with van der Waals surface area (Å²) in [6.07, 6.45) is 2.98. The Labute approximate surface area is 142 Å². The van der Waals surface area contributed by atoms with Crippen molar-refractivity contribution in [2.75, 3.05) is 11.9 Å². The fourth-order valence-corrected chi connectivity index (χ4v) is 2.72. The average molecular weight is 357 g/mol. The van der Waals surface area contributed by atoms with E-state index in [0.29, 0.717) is 12.8 Å². The molecule has 1 aromatic rings. The van der Waals surface area contributed by atoms with Crippen LogP contribution in [0.1, 0.15) is 32.1 Å². The molecule has 2 N–H and O–H groups in total. The minimum absolute atomic E-state index is 0.0539. The Balaban J connectivity index is 1.94. The third-order valence-corrected chi connectivity index (χ3v) is 4.06. The summed E-state index contributed by atoms with van der Waals surface area (Å²) in [7, 11) is 0. The Bertz CT molecular complexity index is 657. The van der Waals surface area contributed by atoms with Crippen LogP contribution in [0.25, 0.3) is 0 Å². The van der Waals surface area contributed by atoms with Crippen LogP contribution in [0, 0.1) is 10.1 Å². The third-order valence-electron chi connectivity index (χ3n) is 3.83. The quantitative estimate of drug-likeness (QED) is 0.475. The van der Waals surface area contributed by atoms with Crippen molar-refractivity contribution in [1.82, 2.24) is 0 Å². The summed E-state index contributed by atoms with van der Waals surface area (Å²) in [5.74, 6) is -1.59. The molecule has 0 radical (unpaired) electrons. The molecule has 0 aliphatic heterocycles. The monoisotopic (exact) mass is 356 g/mol. The lowest BCUT2D eigenvalue weighted by atomic mass is 9.85. The van der Waals surface area contributed by atoms with E-state index in [2.05, 4.69) is 5.32 Å². The van der Waals surface area contributed by atoms with Gasteiger partial charge in [0.05, 0.1) is 4.92 Å². The number of halogens is 1. The molecule has 1 saturated carbocycles.